The average molecular weight is 204 g/mol. The zero-order chi connectivity index (χ0) is 10.4. The topological polar surface area (TPSA) is 54.2 Å². The molecule has 0 saturated carbocycles. The van der Waals surface area contributed by atoms with E-state index in [1.807, 2.05) is 6.07 Å². The third-order valence-corrected chi connectivity index (χ3v) is 3.37. The number of nitrogens with zero attached hydrogens (tertiary/aromatic N) is 2. The Balaban J connectivity index is 2.04. The summed E-state index contributed by atoms with van der Waals surface area (Å²) >= 11 is 0. The summed E-state index contributed by atoms with van der Waals surface area (Å²) in [5.41, 5.74) is 7.08. The lowest BCUT2D eigenvalue weighted by atomic mass is 10.1. The van der Waals surface area contributed by atoms with Gasteiger partial charge in [0.1, 0.15) is 11.6 Å². The fourth-order valence-corrected chi connectivity index (χ4v) is 2.70. The molecular weight excluding hydrogens is 188 g/mol. The van der Waals surface area contributed by atoms with Gasteiger partial charge in [-0.25, -0.2) is 4.98 Å². The predicted octanol–water partition coefficient (Wildman–Crippen LogP) is 0.387. The van der Waals surface area contributed by atoms with E-state index in [0.29, 0.717) is 17.9 Å². The van der Waals surface area contributed by atoms with Gasteiger partial charge in [0.2, 0.25) is 0 Å². The highest BCUT2D eigenvalue weighted by Gasteiger charge is 2.35. The highest BCUT2D eigenvalue weighted by molar-refractivity contribution is 5.58. The normalized spacial score (nSPS) is 28.7. The summed E-state index contributed by atoms with van der Waals surface area (Å²) in [5, 5.41) is 3.45. The molecule has 0 bridgehead atoms. The summed E-state index contributed by atoms with van der Waals surface area (Å²) in [6.45, 7) is 4.33. The Hall–Kier alpha value is -1.29. The van der Waals surface area contributed by atoms with Crippen molar-refractivity contribution in [1.29, 1.82) is 0 Å². The number of nitrogens with one attached hydrogen (secondary N) is 1. The largest absolute Gasteiger partial charge is 0.384 e. The molecule has 2 aliphatic heterocycles. The van der Waals surface area contributed by atoms with Crippen LogP contribution < -0.4 is 16.0 Å². The van der Waals surface area contributed by atoms with Crippen molar-refractivity contribution >= 4 is 11.6 Å². The monoisotopic (exact) mass is 204 g/mol. The van der Waals surface area contributed by atoms with Crippen molar-refractivity contribution in [2.75, 3.05) is 23.7 Å². The van der Waals surface area contributed by atoms with Crippen LogP contribution in [-0.4, -0.2) is 30.2 Å². The van der Waals surface area contributed by atoms with Crippen molar-refractivity contribution in [2.24, 2.45) is 0 Å². The van der Waals surface area contributed by atoms with Crippen LogP contribution in [0.5, 0.6) is 0 Å². The lowest BCUT2D eigenvalue weighted by molar-refractivity contribution is 0.428. The van der Waals surface area contributed by atoms with Gasteiger partial charge in [0.05, 0.1) is 0 Å². The van der Waals surface area contributed by atoms with Crippen LogP contribution in [0.3, 0.4) is 0 Å². The van der Waals surface area contributed by atoms with Gasteiger partial charge in [-0.15, -0.1) is 0 Å². The molecule has 0 aliphatic carbocycles. The summed E-state index contributed by atoms with van der Waals surface area (Å²) in [4.78, 5) is 6.88. The first kappa shape index (κ1) is 8.97. The van der Waals surface area contributed by atoms with E-state index in [9.17, 15) is 0 Å². The van der Waals surface area contributed by atoms with Crippen LogP contribution in [0.25, 0.3) is 0 Å². The van der Waals surface area contributed by atoms with E-state index in [2.05, 4.69) is 28.2 Å². The lowest BCUT2D eigenvalue weighted by Gasteiger charge is -2.37. The fraction of sp³-hybridized carbons (Fsp3) is 0.545. The molecule has 0 aromatic carbocycles. The number of hydrogen-bond acceptors (Lipinski definition) is 4. The zero-order valence-corrected chi connectivity index (χ0v) is 8.90. The van der Waals surface area contributed by atoms with E-state index in [1.165, 1.54) is 5.56 Å². The first-order chi connectivity index (χ1) is 7.25. The van der Waals surface area contributed by atoms with Gasteiger partial charge in [0.15, 0.2) is 0 Å². The first-order valence-electron chi connectivity index (χ1n) is 5.50. The SMILES string of the molecule is C[C@@H]1CNC[C@H]2Cc3ccc(N)nc3N21. The molecule has 2 atom stereocenters. The Bertz CT molecular complexity index is 390. The molecule has 0 spiro atoms. The minimum absolute atomic E-state index is 0.513. The van der Waals surface area contributed by atoms with E-state index in [4.69, 9.17) is 5.73 Å². The van der Waals surface area contributed by atoms with E-state index in [0.717, 1.165) is 25.3 Å². The molecule has 3 heterocycles. The van der Waals surface area contributed by atoms with Gasteiger partial charge in [-0.2, -0.15) is 0 Å². The second-order valence-electron chi connectivity index (χ2n) is 4.49. The molecule has 3 N–H and O–H groups in total. The summed E-state index contributed by atoms with van der Waals surface area (Å²) < 4.78 is 0. The molecule has 15 heavy (non-hydrogen) atoms. The number of anilines is 2. The van der Waals surface area contributed by atoms with Crippen molar-refractivity contribution in [3.8, 4) is 0 Å². The third kappa shape index (κ3) is 1.28. The maximum Gasteiger partial charge on any atom is 0.134 e. The molecule has 1 aromatic heterocycles. The molecule has 80 valence electrons. The van der Waals surface area contributed by atoms with Crippen molar-refractivity contribution in [3.05, 3.63) is 17.7 Å². The fourth-order valence-electron chi connectivity index (χ4n) is 2.70. The van der Waals surface area contributed by atoms with Crippen LogP contribution in [0.15, 0.2) is 12.1 Å². The second-order valence-corrected chi connectivity index (χ2v) is 4.49. The van der Waals surface area contributed by atoms with Crippen molar-refractivity contribution < 1.29 is 0 Å². The Labute approximate surface area is 89.5 Å². The van der Waals surface area contributed by atoms with Crippen LogP contribution in [0, 0.1) is 0 Å². The molecule has 0 radical (unpaired) electrons. The maximum absolute atomic E-state index is 5.74. The van der Waals surface area contributed by atoms with E-state index >= 15 is 0 Å². The second kappa shape index (κ2) is 3.10. The minimum atomic E-state index is 0.513. The number of piperazine rings is 1. The Morgan fingerprint density at radius 1 is 1.47 bits per heavy atom. The van der Waals surface area contributed by atoms with Gasteiger partial charge < -0.3 is 16.0 Å². The van der Waals surface area contributed by atoms with Crippen LogP contribution in [0.4, 0.5) is 11.6 Å². The van der Waals surface area contributed by atoms with Crippen LogP contribution >= 0.6 is 0 Å². The van der Waals surface area contributed by atoms with Crippen LogP contribution in [-0.2, 0) is 6.42 Å². The smallest absolute Gasteiger partial charge is 0.134 e. The number of rotatable bonds is 0. The van der Waals surface area contributed by atoms with Gasteiger partial charge >= 0.3 is 0 Å². The number of hydrogen-bond donors (Lipinski definition) is 2. The predicted molar refractivity (Wildman–Crippen MR) is 61.0 cm³/mol. The summed E-state index contributed by atoms with van der Waals surface area (Å²) in [6.07, 6.45) is 1.10. The third-order valence-electron chi connectivity index (χ3n) is 3.37. The quantitative estimate of drug-likeness (QED) is 0.642. The standard InChI is InChI=1S/C11H16N4/c1-7-5-13-6-9-4-8-2-3-10(12)14-11(8)15(7)9/h2-3,7,9,13H,4-6H2,1H3,(H2,12,14)/t7-,9-/m1/s1. The van der Waals surface area contributed by atoms with Gasteiger partial charge in [-0.1, -0.05) is 6.07 Å². The molecule has 2 aliphatic rings. The van der Waals surface area contributed by atoms with Gasteiger partial charge in [0.25, 0.3) is 0 Å². The number of nitrogen functional groups attached to an aromatic ring is 1. The molecule has 0 amide bonds. The molecule has 4 heteroatoms. The summed E-state index contributed by atoms with van der Waals surface area (Å²) in [7, 11) is 0. The average Bonchev–Trinajstić information content (AvgIpc) is 2.57. The van der Waals surface area contributed by atoms with Crippen LogP contribution in [0.2, 0.25) is 0 Å². The van der Waals surface area contributed by atoms with Gasteiger partial charge in [-0.3, -0.25) is 0 Å². The first-order valence-corrected chi connectivity index (χ1v) is 5.50. The van der Waals surface area contributed by atoms with Gasteiger partial charge in [-0.05, 0) is 25.0 Å². The van der Waals surface area contributed by atoms with E-state index < -0.39 is 0 Å². The molecule has 3 rings (SSSR count). The highest BCUT2D eigenvalue weighted by atomic mass is 15.3. The summed E-state index contributed by atoms with van der Waals surface area (Å²) in [6, 6.07) is 5.09. The molecule has 0 unspecified atom stereocenters. The zero-order valence-electron chi connectivity index (χ0n) is 8.90. The Morgan fingerprint density at radius 2 is 2.33 bits per heavy atom. The highest BCUT2D eigenvalue weighted by Crippen LogP contribution is 2.33. The lowest BCUT2D eigenvalue weighted by Crippen LogP contribution is -2.55. The molecule has 1 saturated heterocycles. The Kier molecular flexibility index (Phi) is 1.85. The number of aromatic nitrogens is 1. The molecule has 4 nitrogen and oxygen atoms in total. The minimum Gasteiger partial charge on any atom is -0.384 e. The van der Waals surface area contributed by atoms with Crippen molar-refractivity contribution in [1.82, 2.24) is 10.3 Å². The number of nitrogens with two attached hydrogens (primary N) is 1. The van der Waals surface area contributed by atoms with E-state index in [1.54, 1.807) is 0 Å². The number of pyridine rings is 1. The molecular formula is C11H16N4. The van der Waals surface area contributed by atoms with E-state index in [-0.39, 0.29) is 0 Å². The maximum atomic E-state index is 5.74. The van der Waals surface area contributed by atoms with Crippen molar-refractivity contribution in [3.63, 3.8) is 0 Å². The Morgan fingerprint density at radius 3 is 3.20 bits per heavy atom. The molecule has 1 aromatic rings. The number of fused-ring (bicyclic) bond motifs is 3. The van der Waals surface area contributed by atoms with Gasteiger partial charge in [0, 0.05) is 25.2 Å². The molecule has 1 fully saturated rings. The van der Waals surface area contributed by atoms with Crippen LogP contribution in [0.1, 0.15) is 12.5 Å². The van der Waals surface area contributed by atoms with Crippen molar-refractivity contribution in [2.45, 2.75) is 25.4 Å². The summed E-state index contributed by atoms with van der Waals surface area (Å²) in [5.74, 6) is 1.73.